The van der Waals surface area contributed by atoms with Gasteiger partial charge in [-0.15, -0.1) is 0 Å². The zero-order chi connectivity index (χ0) is 13.3. The van der Waals surface area contributed by atoms with Crippen LogP contribution in [0.15, 0.2) is 12.5 Å². The fraction of sp³-hybridized carbons (Fsp3) is 0.786. The van der Waals surface area contributed by atoms with Crippen molar-refractivity contribution in [1.29, 1.82) is 0 Å². The standard InChI is InChI=1S/C14H27N3/c1-11(2)13(3,4)9-17-10-16-8-12(17)14(5,6)15-7/h8,10-11,15H,9H2,1-7H3. The van der Waals surface area contributed by atoms with Gasteiger partial charge in [-0.3, -0.25) is 0 Å². The largest absolute Gasteiger partial charge is 0.332 e. The Labute approximate surface area is 106 Å². The molecule has 0 aliphatic rings. The maximum atomic E-state index is 4.30. The first-order valence-corrected chi connectivity index (χ1v) is 6.40. The van der Waals surface area contributed by atoms with Crippen molar-refractivity contribution >= 4 is 0 Å². The van der Waals surface area contributed by atoms with E-state index in [-0.39, 0.29) is 11.0 Å². The van der Waals surface area contributed by atoms with Crippen molar-refractivity contribution in [3.63, 3.8) is 0 Å². The van der Waals surface area contributed by atoms with Crippen LogP contribution in [-0.2, 0) is 12.1 Å². The second kappa shape index (κ2) is 4.81. The molecular weight excluding hydrogens is 210 g/mol. The molecule has 1 rings (SSSR count). The number of hydrogen-bond donors (Lipinski definition) is 1. The summed E-state index contributed by atoms with van der Waals surface area (Å²) in [7, 11) is 1.99. The fourth-order valence-electron chi connectivity index (χ4n) is 1.72. The van der Waals surface area contributed by atoms with Crippen molar-refractivity contribution in [2.75, 3.05) is 7.05 Å². The topological polar surface area (TPSA) is 29.9 Å². The molecule has 0 aromatic carbocycles. The fourth-order valence-corrected chi connectivity index (χ4v) is 1.72. The molecule has 3 heteroatoms. The highest BCUT2D eigenvalue weighted by atomic mass is 15.1. The highest BCUT2D eigenvalue weighted by Crippen LogP contribution is 2.30. The highest BCUT2D eigenvalue weighted by Gasteiger charge is 2.27. The molecule has 1 N–H and O–H groups in total. The maximum absolute atomic E-state index is 4.30. The van der Waals surface area contributed by atoms with Gasteiger partial charge >= 0.3 is 0 Å². The third kappa shape index (κ3) is 3.09. The molecule has 0 spiro atoms. The predicted molar refractivity (Wildman–Crippen MR) is 72.9 cm³/mol. The van der Waals surface area contributed by atoms with E-state index in [0.717, 1.165) is 6.54 Å². The van der Waals surface area contributed by atoms with E-state index < -0.39 is 0 Å². The minimum atomic E-state index is -0.0381. The first-order chi connectivity index (χ1) is 7.70. The minimum absolute atomic E-state index is 0.0381. The zero-order valence-corrected chi connectivity index (χ0v) is 12.3. The first kappa shape index (κ1) is 14.2. The molecular formula is C14H27N3. The van der Waals surface area contributed by atoms with Crippen LogP contribution in [-0.4, -0.2) is 16.6 Å². The van der Waals surface area contributed by atoms with Crippen molar-refractivity contribution in [2.45, 2.75) is 53.6 Å². The normalized spacial score (nSPS) is 13.4. The maximum Gasteiger partial charge on any atom is 0.0948 e. The molecule has 3 nitrogen and oxygen atoms in total. The minimum Gasteiger partial charge on any atom is -0.332 e. The summed E-state index contributed by atoms with van der Waals surface area (Å²) < 4.78 is 2.27. The molecule has 0 saturated carbocycles. The second-order valence-electron chi connectivity index (χ2n) is 6.43. The van der Waals surface area contributed by atoms with Gasteiger partial charge in [0.05, 0.1) is 17.6 Å². The molecule has 0 amide bonds. The number of nitrogens with zero attached hydrogens (tertiary/aromatic N) is 2. The third-order valence-corrected chi connectivity index (χ3v) is 4.12. The van der Waals surface area contributed by atoms with Crippen LogP contribution in [0, 0.1) is 11.3 Å². The molecule has 0 saturated heterocycles. The molecule has 0 fully saturated rings. The molecule has 1 aromatic rings. The quantitative estimate of drug-likeness (QED) is 0.853. The molecule has 0 radical (unpaired) electrons. The first-order valence-electron chi connectivity index (χ1n) is 6.40. The van der Waals surface area contributed by atoms with Gasteiger partial charge in [0.25, 0.3) is 0 Å². The van der Waals surface area contributed by atoms with E-state index in [0.29, 0.717) is 5.92 Å². The van der Waals surface area contributed by atoms with Gasteiger partial charge in [0.1, 0.15) is 0 Å². The molecule has 0 aliphatic heterocycles. The van der Waals surface area contributed by atoms with E-state index in [1.165, 1.54) is 5.69 Å². The summed E-state index contributed by atoms with van der Waals surface area (Å²) in [6, 6.07) is 0. The summed E-state index contributed by atoms with van der Waals surface area (Å²) in [6.45, 7) is 14.6. The Morgan fingerprint density at radius 2 is 1.88 bits per heavy atom. The van der Waals surface area contributed by atoms with E-state index in [2.05, 4.69) is 56.4 Å². The third-order valence-electron chi connectivity index (χ3n) is 4.12. The second-order valence-corrected chi connectivity index (χ2v) is 6.43. The Morgan fingerprint density at radius 3 is 2.35 bits per heavy atom. The summed E-state index contributed by atoms with van der Waals surface area (Å²) in [5.41, 5.74) is 1.48. The lowest BCUT2D eigenvalue weighted by molar-refractivity contribution is 0.203. The number of aromatic nitrogens is 2. The predicted octanol–water partition coefficient (Wildman–Crippen LogP) is 3.02. The van der Waals surface area contributed by atoms with Gasteiger partial charge in [-0.25, -0.2) is 4.98 Å². The Kier molecular flexibility index (Phi) is 4.03. The van der Waals surface area contributed by atoms with Crippen LogP contribution in [0.25, 0.3) is 0 Å². The van der Waals surface area contributed by atoms with Gasteiger partial charge in [-0.05, 0) is 32.2 Å². The number of rotatable bonds is 5. The number of nitrogens with one attached hydrogen (secondary N) is 1. The Balaban J connectivity index is 2.98. The van der Waals surface area contributed by atoms with Gasteiger partial charge in [0.15, 0.2) is 0 Å². The van der Waals surface area contributed by atoms with E-state index in [4.69, 9.17) is 0 Å². The molecule has 0 atom stereocenters. The van der Waals surface area contributed by atoms with Crippen LogP contribution < -0.4 is 5.32 Å². The molecule has 0 bridgehead atoms. The number of imidazole rings is 1. The van der Waals surface area contributed by atoms with Gasteiger partial charge < -0.3 is 9.88 Å². The lowest BCUT2D eigenvalue weighted by atomic mass is 9.81. The van der Waals surface area contributed by atoms with Crippen molar-refractivity contribution < 1.29 is 0 Å². The summed E-state index contributed by atoms with van der Waals surface area (Å²) >= 11 is 0. The van der Waals surface area contributed by atoms with Crippen molar-refractivity contribution in [2.24, 2.45) is 11.3 Å². The smallest absolute Gasteiger partial charge is 0.0948 e. The van der Waals surface area contributed by atoms with E-state index in [9.17, 15) is 0 Å². The average molecular weight is 237 g/mol. The Morgan fingerprint density at radius 1 is 1.29 bits per heavy atom. The van der Waals surface area contributed by atoms with Gasteiger partial charge in [-0.2, -0.15) is 0 Å². The Bertz CT molecular complexity index is 361. The lowest BCUT2D eigenvalue weighted by Gasteiger charge is -2.33. The molecule has 1 aromatic heterocycles. The molecule has 17 heavy (non-hydrogen) atoms. The summed E-state index contributed by atoms with van der Waals surface area (Å²) in [4.78, 5) is 4.30. The van der Waals surface area contributed by atoms with Crippen LogP contribution in [0.2, 0.25) is 0 Å². The van der Waals surface area contributed by atoms with Gasteiger partial charge in [0, 0.05) is 12.7 Å². The SMILES string of the molecule is CNC(C)(C)c1cncn1CC(C)(C)C(C)C. The van der Waals surface area contributed by atoms with Crippen LogP contribution >= 0.6 is 0 Å². The van der Waals surface area contributed by atoms with Crippen LogP contribution in [0.5, 0.6) is 0 Å². The van der Waals surface area contributed by atoms with Gasteiger partial charge in [0.2, 0.25) is 0 Å². The van der Waals surface area contributed by atoms with Gasteiger partial charge in [-0.1, -0.05) is 27.7 Å². The van der Waals surface area contributed by atoms with Crippen molar-refractivity contribution in [1.82, 2.24) is 14.9 Å². The highest BCUT2D eigenvalue weighted by molar-refractivity contribution is 5.11. The molecule has 98 valence electrons. The van der Waals surface area contributed by atoms with E-state index in [1.54, 1.807) is 0 Å². The Hall–Kier alpha value is -0.830. The monoisotopic (exact) mass is 237 g/mol. The zero-order valence-electron chi connectivity index (χ0n) is 12.3. The summed E-state index contributed by atoms with van der Waals surface area (Å²) in [5.74, 6) is 0.649. The molecule has 1 heterocycles. The van der Waals surface area contributed by atoms with E-state index in [1.807, 2.05) is 19.6 Å². The molecule has 0 unspecified atom stereocenters. The van der Waals surface area contributed by atoms with Crippen molar-refractivity contribution in [3.8, 4) is 0 Å². The summed E-state index contributed by atoms with van der Waals surface area (Å²) in [6.07, 6.45) is 3.91. The summed E-state index contributed by atoms with van der Waals surface area (Å²) in [5, 5.41) is 3.34. The lowest BCUT2D eigenvalue weighted by Crippen LogP contribution is -2.37. The van der Waals surface area contributed by atoms with Crippen LogP contribution in [0.3, 0.4) is 0 Å². The van der Waals surface area contributed by atoms with Crippen LogP contribution in [0.1, 0.15) is 47.2 Å². The van der Waals surface area contributed by atoms with Crippen molar-refractivity contribution in [3.05, 3.63) is 18.2 Å². The average Bonchev–Trinajstić information content (AvgIpc) is 2.65. The van der Waals surface area contributed by atoms with Crippen LogP contribution in [0.4, 0.5) is 0 Å². The van der Waals surface area contributed by atoms with E-state index >= 15 is 0 Å². The number of hydrogen-bond acceptors (Lipinski definition) is 2. The molecule has 0 aliphatic carbocycles.